The third-order valence-electron chi connectivity index (χ3n) is 3.22. The lowest BCUT2D eigenvalue weighted by molar-refractivity contribution is 0.453. The van der Waals surface area contributed by atoms with Crippen molar-refractivity contribution in [1.29, 1.82) is 0 Å². The van der Waals surface area contributed by atoms with Crippen molar-refractivity contribution in [1.82, 2.24) is 4.31 Å². The Balaban J connectivity index is 3.23. The molecule has 0 amide bonds. The minimum Gasteiger partial charge on any atom is -0.326 e. The van der Waals surface area contributed by atoms with Gasteiger partial charge in [0.2, 0.25) is 10.0 Å². The van der Waals surface area contributed by atoms with Gasteiger partial charge in [0.05, 0.1) is 4.90 Å². The minimum absolute atomic E-state index is 0.304. The summed E-state index contributed by atoms with van der Waals surface area (Å²) in [6.45, 7) is 10.6. The third kappa shape index (κ3) is 3.69. The number of likely N-dealkylation sites (N-methyl/N-ethyl adjacent to an activating group) is 1. The first kappa shape index (κ1) is 16.9. The molecule has 0 heterocycles. The highest BCUT2D eigenvalue weighted by Gasteiger charge is 2.23. The fourth-order valence-electron chi connectivity index (χ4n) is 2.11. The van der Waals surface area contributed by atoms with Crippen molar-refractivity contribution >= 4 is 10.0 Å². The molecule has 0 bridgehead atoms. The van der Waals surface area contributed by atoms with Crippen LogP contribution in [0.5, 0.6) is 0 Å². The summed E-state index contributed by atoms with van der Waals surface area (Å²) in [5, 5.41) is 0. The molecule has 0 saturated heterocycles. The zero-order valence-electron chi connectivity index (χ0n) is 12.5. The predicted molar refractivity (Wildman–Crippen MR) is 83.0 cm³/mol. The lowest BCUT2D eigenvalue weighted by Crippen LogP contribution is -2.32. The zero-order valence-corrected chi connectivity index (χ0v) is 13.3. The molecule has 5 heteroatoms. The zero-order chi connectivity index (χ0) is 15.3. The molecule has 112 valence electrons. The van der Waals surface area contributed by atoms with Gasteiger partial charge in [-0.2, -0.15) is 4.31 Å². The van der Waals surface area contributed by atoms with Gasteiger partial charge < -0.3 is 5.73 Å². The van der Waals surface area contributed by atoms with Gasteiger partial charge in [0.1, 0.15) is 0 Å². The Morgan fingerprint density at radius 3 is 2.40 bits per heavy atom. The predicted octanol–water partition coefficient (Wildman–Crippen LogP) is 2.29. The van der Waals surface area contributed by atoms with E-state index in [2.05, 4.69) is 6.58 Å². The van der Waals surface area contributed by atoms with Gasteiger partial charge in [-0.15, -0.1) is 0 Å². The lowest BCUT2D eigenvalue weighted by Gasteiger charge is -2.21. The maximum Gasteiger partial charge on any atom is 0.243 e. The van der Waals surface area contributed by atoms with Crippen LogP contribution in [0.3, 0.4) is 0 Å². The van der Waals surface area contributed by atoms with Crippen molar-refractivity contribution in [3.05, 3.63) is 41.5 Å². The highest BCUT2D eigenvalue weighted by molar-refractivity contribution is 7.89. The van der Waals surface area contributed by atoms with E-state index in [4.69, 9.17) is 5.73 Å². The summed E-state index contributed by atoms with van der Waals surface area (Å²) in [7, 11) is -3.49. The third-order valence-corrected chi connectivity index (χ3v) is 5.13. The van der Waals surface area contributed by atoms with E-state index in [1.54, 1.807) is 12.1 Å². The maximum atomic E-state index is 12.6. The molecule has 1 aromatic rings. The Labute approximate surface area is 122 Å². The van der Waals surface area contributed by atoms with Crippen LogP contribution in [0, 0.1) is 0 Å². The second-order valence-corrected chi connectivity index (χ2v) is 6.81. The smallest absolute Gasteiger partial charge is 0.243 e. The van der Waals surface area contributed by atoms with Crippen LogP contribution in [0.15, 0.2) is 35.2 Å². The van der Waals surface area contributed by atoms with E-state index in [0.29, 0.717) is 24.5 Å². The van der Waals surface area contributed by atoms with Gasteiger partial charge in [0.15, 0.2) is 0 Å². The van der Waals surface area contributed by atoms with Crippen LogP contribution in [0.1, 0.15) is 31.9 Å². The van der Waals surface area contributed by atoms with E-state index in [-0.39, 0.29) is 0 Å². The Bertz CT molecular complexity index is 580. The largest absolute Gasteiger partial charge is 0.326 e. The lowest BCUT2D eigenvalue weighted by atomic mass is 10.1. The van der Waals surface area contributed by atoms with Crippen LogP contribution in [-0.4, -0.2) is 25.8 Å². The highest BCUT2D eigenvalue weighted by atomic mass is 32.2. The van der Waals surface area contributed by atoms with Gasteiger partial charge in [0, 0.05) is 19.6 Å². The number of sulfonamides is 1. The van der Waals surface area contributed by atoms with E-state index in [1.807, 2.05) is 26.8 Å². The molecule has 0 aliphatic heterocycles. The molecule has 0 atom stereocenters. The van der Waals surface area contributed by atoms with Crippen LogP contribution in [0.25, 0.3) is 0 Å². The maximum absolute atomic E-state index is 12.6. The summed E-state index contributed by atoms with van der Waals surface area (Å²) in [4.78, 5) is 0.304. The van der Waals surface area contributed by atoms with Gasteiger partial charge in [-0.25, -0.2) is 8.42 Å². The van der Waals surface area contributed by atoms with Gasteiger partial charge in [-0.05, 0) is 36.6 Å². The molecule has 0 aliphatic rings. The average molecular weight is 296 g/mol. The van der Waals surface area contributed by atoms with E-state index in [0.717, 1.165) is 23.1 Å². The Kier molecular flexibility index (Phi) is 5.92. The molecular weight excluding hydrogens is 272 g/mol. The molecule has 0 aliphatic carbocycles. The van der Waals surface area contributed by atoms with Crippen LogP contribution in [0.2, 0.25) is 0 Å². The second-order valence-electron chi connectivity index (χ2n) is 4.88. The Morgan fingerprint density at radius 2 is 1.95 bits per heavy atom. The van der Waals surface area contributed by atoms with E-state index >= 15 is 0 Å². The summed E-state index contributed by atoms with van der Waals surface area (Å²) in [6.07, 6.45) is 0.843. The minimum atomic E-state index is -3.49. The fraction of sp³-hybridized carbons (Fsp3) is 0.467. The summed E-state index contributed by atoms with van der Waals surface area (Å²) in [6, 6.07) is 5.20. The normalized spacial score (nSPS) is 11.8. The van der Waals surface area contributed by atoms with Crippen molar-refractivity contribution in [2.75, 3.05) is 13.1 Å². The number of aryl methyl sites for hydroxylation is 1. The van der Waals surface area contributed by atoms with E-state index in [1.165, 1.54) is 4.31 Å². The second kappa shape index (κ2) is 7.02. The van der Waals surface area contributed by atoms with Crippen molar-refractivity contribution in [2.45, 2.75) is 38.6 Å². The van der Waals surface area contributed by atoms with Crippen molar-refractivity contribution in [3.8, 4) is 0 Å². The van der Waals surface area contributed by atoms with Crippen LogP contribution >= 0.6 is 0 Å². The molecule has 1 rings (SSSR count). The molecule has 20 heavy (non-hydrogen) atoms. The molecule has 4 nitrogen and oxygen atoms in total. The van der Waals surface area contributed by atoms with Gasteiger partial charge >= 0.3 is 0 Å². The highest BCUT2D eigenvalue weighted by Crippen LogP contribution is 2.20. The van der Waals surface area contributed by atoms with Gasteiger partial charge in [-0.3, -0.25) is 0 Å². The fourth-order valence-corrected chi connectivity index (χ4v) is 3.67. The van der Waals surface area contributed by atoms with Crippen molar-refractivity contribution in [3.63, 3.8) is 0 Å². The number of nitrogens with zero attached hydrogens (tertiary/aromatic N) is 1. The summed E-state index contributed by atoms with van der Waals surface area (Å²) in [5.74, 6) is 0. The summed E-state index contributed by atoms with van der Waals surface area (Å²) in [5.41, 5.74) is 8.51. The van der Waals surface area contributed by atoms with Crippen LogP contribution in [0.4, 0.5) is 0 Å². The summed E-state index contributed by atoms with van der Waals surface area (Å²) >= 11 is 0. The monoisotopic (exact) mass is 296 g/mol. The standard InChI is InChI=1S/C15H24N2O2S/c1-5-13-7-8-15(9-14(13)10-16)20(18,19)17(6-2)11-12(3)4/h7-9H,3,5-6,10-11,16H2,1-2,4H3. The Morgan fingerprint density at radius 1 is 1.30 bits per heavy atom. The number of hydrogen-bond acceptors (Lipinski definition) is 3. The molecule has 1 aromatic carbocycles. The van der Waals surface area contributed by atoms with Gasteiger partial charge in [0.25, 0.3) is 0 Å². The SMILES string of the molecule is C=C(C)CN(CC)S(=O)(=O)c1ccc(CC)c(CN)c1. The molecule has 0 radical (unpaired) electrons. The molecule has 0 fully saturated rings. The molecule has 0 aromatic heterocycles. The van der Waals surface area contributed by atoms with Crippen molar-refractivity contribution < 1.29 is 8.42 Å². The molecule has 0 unspecified atom stereocenters. The molecule has 0 saturated carbocycles. The number of nitrogens with two attached hydrogens (primary N) is 1. The van der Waals surface area contributed by atoms with Crippen LogP contribution < -0.4 is 5.73 Å². The molecular formula is C15H24N2O2S. The topological polar surface area (TPSA) is 63.4 Å². The quantitative estimate of drug-likeness (QED) is 0.785. The summed E-state index contributed by atoms with van der Waals surface area (Å²) < 4.78 is 26.6. The first-order chi connectivity index (χ1) is 9.36. The number of benzene rings is 1. The molecule has 0 spiro atoms. The average Bonchev–Trinajstić information content (AvgIpc) is 2.43. The van der Waals surface area contributed by atoms with E-state index in [9.17, 15) is 8.42 Å². The first-order valence-electron chi connectivity index (χ1n) is 6.83. The van der Waals surface area contributed by atoms with Gasteiger partial charge in [-0.1, -0.05) is 32.1 Å². The first-order valence-corrected chi connectivity index (χ1v) is 8.27. The van der Waals surface area contributed by atoms with Crippen LogP contribution in [-0.2, 0) is 23.0 Å². The molecule has 2 N–H and O–H groups in total. The number of rotatable bonds is 7. The van der Waals surface area contributed by atoms with Crippen molar-refractivity contribution in [2.24, 2.45) is 5.73 Å². The number of hydrogen-bond donors (Lipinski definition) is 1. The van der Waals surface area contributed by atoms with E-state index < -0.39 is 10.0 Å². The Hall–Kier alpha value is -1.17.